The molecule has 1 heterocycles. The van der Waals surface area contributed by atoms with E-state index in [1.54, 1.807) is 0 Å². The Hall–Kier alpha value is -1.84. The topological polar surface area (TPSA) is 51.0 Å². The van der Waals surface area contributed by atoms with Crippen molar-refractivity contribution in [1.29, 1.82) is 0 Å². The van der Waals surface area contributed by atoms with Gasteiger partial charge in [-0.25, -0.2) is 0 Å². The summed E-state index contributed by atoms with van der Waals surface area (Å²) in [6, 6.07) is 8.07. The van der Waals surface area contributed by atoms with Gasteiger partial charge < -0.3 is 9.73 Å². The number of nitrogens with one attached hydrogen (secondary N) is 1. The van der Waals surface area contributed by atoms with Crippen molar-refractivity contribution in [1.82, 2.24) is 10.2 Å². The van der Waals surface area contributed by atoms with E-state index in [9.17, 15) is 0 Å². The highest BCUT2D eigenvalue weighted by atomic mass is 16.4. The predicted molar refractivity (Wildman–Crippen MR) is 77.0 cm³/mol. The van der Waals surface area contributed by atoms with E-state index in [1.807, 2.05) is 18.2 Å². The van der Waals surface area contributed by atoms with Gasteiger partial charge in [0.2, 0.25) is 12.3 Å². The standard InChI is InChI=1S/C15H21N3O/c1-2-3-4-5-6-10-16-14-9-7-8-13(11-14)15-18-17-12-19-15/h7-9,11-12,16H,2-6,10H2,1H3. The second-order valence-electron chi connectivity index (χ2n) is 4.67. The van der Waals surface area contributed by atoms with Crippen molar-refractivity contribution >= 4 is 5.69 Å². The highest BCUT2D eigenvalue weighted by Crippen LogP contribution is 2.20. The smallest absolute Gasteiger partial charge is 0.247 e. The zero-order chi connectivity index (χ0) is 13.3. The summed E-state index contributed by atoms with van der Waals surface area (Å²) < 4.78 is 5.19. The average Bonchev–Trinajstić information content (AvgIpc) is 2.97. The quantitative estimate of drug-likeness (QED) is 0.724. The second-order valence-corrected chi connectivity index (χ2v) is 4.67. The van der Waals surface area contributed by atoms with Crippen LogP contribution < -0.4 is 5.32 Å². The van der Waals surface area contributed by atoms with Gasteiger partial charge in [0.1, 0.15) is 0 Å². The van der Waals surface area contributed by atoms with Crippen LogP contribution in [0.5, 0.6) is 0 Å². The van der Waals surface area contributed by atoms with Gasteiger partial charge in [-0.05, 0) is 24.6 Å². The number of rotatable bonds is 8. The summed E-state index contributed by atoms with van der Waals surface area (Å²) in [4.78, 5) is 0. The average molecular weight is 259 g/mol. The normalized spacial score (nSPS) is 10.6. The molecule has 0 bridgehead atoms. The Balaban J connectivity index is 1.79. The zero-order valence-corrected chi connectivity index (χ0v) is 11.4. The summed E-state index contributed by atoms with van der Waals surface area (Å²) in [6.45, 7) is 3.25. The van der Waals surface area contributed by atoms with E-state index in [2.05, 4.69) is 28.5 Å². The molecule has 0 fully saturated rings. The van der Waals surface area contributed by atoms with Crippen LogP contribution >= 0.6 is 0 Å². The molecule has 19 heavy (non-hydrogen) atoms. The van der Waals surface area contributed by atoms with Crippen LogP contribution in [0.1, 0.15) is 39.0 Å². The third-order valence-electron chi connectivity index (χ3n) is 3.08. The number of benzene rings is 1. The molecule has 4 heteroatoms. The fraction of sp³-hybridized carbons (Fsp3) is 0.467. The zero-order valence-electron chi connectivity index (χ0n) is 11.4. The highest BCUT2D eigenvalue weighted by molar-refractivity contribution is 5.60. The first kappa shape index (κ1) is 13.6. The largest absolute Gasteiger partial charge is 0.423 e. The predicted octanol–water partition coefficient (Wildman–Crippen LogP) is 4.12. The number of hydrogen-bond acceptors (Lipinski definition) is 4. The van der Waals surface area contributed by atoms with Crippen LogP contribution in [0, 0.1) is 0 Å². The van der Waals surface area contributed by atoms with E-state index in [0.717, 1.165) is 17.8 Å². The van der Waals surface area contributed by atoms with Gasteiger partial charge in [-0.1, -0.05) is 38.7 Å². The van der Waals surface area contributed by atoms with E-state index in [1.165, 1.54) is 38.5 Å². The van der Waals surface area contributed by atoms with Crippen molar-refractivity contribution in [2.24, 2.45) is 0 Å². The fourth-order valence-corrected chi connectivity index (χ4v) is 2.02. The summed E-state index contributed by atoms with van der Waals surface area (Å²) in [5, 5.41) is 11.0. The maximum absolute atomic E-state index is 5.19. The lowest BCUT2D eigenvalue weighted by atomic mass is 10.1. The Morgan fingerprint density at radius 3 is 2.84 bits per heavy atom. The summed E-state index contributed by atoms with van der Waals surface area (Å²) in [5.41, 5.74) is 2.06. The molecule has 2 rings (SSSR count). The number of hydrogen-bond donors (Lipinski definition) is 1. The molecule has 0 atom stereocenters. The molecule has 0 aliphatic rings. The Morgan fingerprint density at radius 1 is 1.16 bits per heavy atom. The van der Waals surface area contributed by atoms with Crippen LogP contribution in [0.25, 0.3) is 11.5 Å². The van der Waals surface area contributed by atoms with E-state index in [0.29, 0.717) is 5.89 Å². The van der Waals surface area contributed by atoms with Crippen LogP contribution in [0.4, 0.5) is 5.69 Å². The Bertz CT molecular complexity index is 468. The molecule has 102 valence electrons. The lowest BCUT2D eigenvalue weighted by Gasteiger charge is -2.07. The monoisotopic (exact) mass is 259 g/mol. The highest BCUT2D eigenvalue weighted by Gasteiger charge is 2.03. The van der Waals surface area contributed by atoms with Gasteiger partial charge in [0.05, 0.1) is 0 Å². The van der Waals surface area contributed by atoms with Gasteiger partial charge in [-0.3, -0.25) is 0 Å². The Kier molecular flexibility index (Phi) is 5.41. The van der Waals surface area contributed by atoms with E-state index in [-0.39, 0.29) is 0 Å². The molecular weight excluding hydrogens is 238 g/mol. The maximum Gasteiger partial charge on any atom is 0.247 e. The Labute approximate surface area is 114 Å². The molecule has 0 spiro atoms. The van der Waals surface area contributed by atoms with Crippen molar-refractivity contribution in [2.75, 3.05) is 11.9 Å². The van der Waals surface area contributed by atoms with Crippen LogP contribution in [-0.4, -0.2) is 16.7 Å². The van der Waals surface area contributed by atoms with Crippen LogP contribution in [0.3, 0.4) is 0 Å². The van der Waals surface area contributed by atoms with Crippen molar-refractivity contribution < 1.29 is 4.42 Å². The van der Waals surface area contributed by atoms with Gasteiger partial charge in [-0.2, -0.15) is 0 Å². The molecule has 1 N–H and O–H groups in total. The summed E-state index contributed by atoms with van der Waals surface area (Å²) in [5.74, 6) is 0.562. The SMILES string of the molecule is CCCCCCCNc1cccc(-c2nnco2)c1. The first-order valence-electron chi connectivity index (χ1n) is 7.00. The minimum atomic E-state index is 0.562. The maximum atomic E-state index is 5.19. The molecule has 0 unspecified atom stereocenters. The van der Waals surface area contributed by atoms with Crippen LogP contribution in [-0.2, 0) is 0 Å². The summed E-state index contributed by atoms with van der Waals surface area (Å²) >= 11 is 0. The number of anilines is 1. The molecule has 0 radical (unpaired) electrons. The summed E-state index contributed by atoms with van der Waals surface area (Å²) in [7, 11) is 0. The van der Waals surface area contributed by atoms with Crippen molar-refractivity contribution in [3.8, 4) is 11.5 Å². The van der Waals surface area contributed by atoms with E-state index in [4.69, 9.17) is 4.42 Å². The molecule has 1 aromatic carbocycles. The lowest BCUT2D eigenvalue weighted by Crippen LogP contribution is -2.01. The molecule has 0 aliphatic heterocycles. The minimum Gasteiger partial charge on any atom is -0.423 e. The molecule has 0 saturated heterocycles. The van der Waals surface area contributed by atoms with Gasteiger partial charge in [-0.15, -0.1) is 10.2 Å². The van der Waals surface area contributed by atoms with E-state index < -0.39 is 0 Å². The first-order chi connectivity index (χ1) is 9.40. The summed E-state index contributed by atoms with van der Waals surface area (Å²) in [6.07, 6.45) is 7.82. The van der Waals surface area contributed by atoms with E-state index >= 15 is 0 Å². The number of nitrogens with zero attached hydrogens (tertiary/aromatic N) is 2. The third kappa shape index (κ3) is 4.39. The fourth-order valence-electron chi connectivity index (χ4n) is 2.02. The van der Waals surface area contributed by atoms with Crippen molar-refractivity contribution in [3.05, 3.63) is 30.7 Å². The first-order valence-corrected chi connectivity index (χ1v) is 7.00. The number of aromatic nitrogens is 2. The Morgan fingerprint density at radius 2 is 2.05 bits per heavy atom. The second kappa shape index (κ2) is 7.56. The minimum absolute atomic E-state index is 0.562. The van der Waals surface area contributed by atoms with Crippen molar-refractivity contribution in [2.45, 2.75) is 39.0 Å². The van der Waals surface area contributed by atoms with Crippen LogP contribution in [0.15, 0.2) is 35.1 Å². The lowest BCUT2D eigenvalue weighted by molar-refractivity contribution is 0.568. The molecule has 1 aromatic heterocycles. The molecule has 0 amide bonds. The molecule has 0 saturated carbocycles. The van der Waals surface area contributed by atoms with Gasteiger partial charge >= 0.3 is 0 Å². The molecule has 0 aliphatic carbocycles. The number of unbranched alkanes of at least 4 members (excludes halogenated alkanes) is 4. The van der Waals surface area contributed by atoms with Crippen molar-refractivity contribution in [3.63, 3.8) is 0 Å². The third-order valence-corrected chi connectivity index (χ3v) is 3.08. The van der Waals surface area contributed by atoms with Crippen LogP contribution in [0.2, 0.25) is 0 Å². The molecule has 2 aromatic rings. The molecular formula is C15H21N3O. The van der Waals surface area contributed by atoms with Gasteiger partial charge in [0.15, 0.2) is 0 Å². The van der Waals surface area contributed by atoms with Gasteiger partial charge in [0.25, 0.3) is 0 Å². The molecule has 4 nitrogen and oxygen atoms in total. The van der Waals surface area contributed by atoms with Gasteiger partial charge in [0, 0.05) is 17.8 Å².